The van der Waals surface area contributed by atoms with Gasteiger partial charge in [0.25, 0.3) is 0 Å². The van der Waals surface area contributed by atoms with Crippen LogP contribution in [0.1, 0.15) is 42.1 Å². The van der Waals surface area contributed by atoms with E-state index in [9.17, 15) is 9.59 Å². The lowest BCUT2D eigenvalue weighted by Crippen LogP contribution is -2.36. The molecule has 2 heterocycles. The van der Waals surface area contributed by atoms with Gasteiger partial charge in [0.2, 0.25) is 11.8 Å². The Hall–Kier alpha value is -2.67. The number of likely N-dealkylation sites (tertiary alicyclic amines) is 1. The number of hydrogen-bond acceptors (Lipinski definition) is 4. The third-order valence-electron chi connectivity index (χ3n) is 5.90. The molecule has 1 saturated heterocycles. The molecule has 2 aromatic rings. The summed E-state index contributed by atoms with van der Waals surface area (Å²) in [5.41, 5.74) is 4.28. The summed E-state index contributed by atoms with van der Waals surface area (Å²) in [6.07, 6.45) is 2.03. The maximum Gasteiger partial charge on any atom is 0.227 e. The van der Waals surface area contributed by atoms with Gasteiger partial charge in [0.05, 0.1) is 11.6 Å². The van der Waals surface area contributed by atoms with Gasteiger partial charge in [-0.15, -0.1) is 0 Å². The quantitative estimate of drug-likeness (QED) is 0.758. The molecule has 3 rings (SSSR count). The van der Waals surface area contributed by atoms with Gasteiger partial charge < -0.3 is 15.1 Å². The molecule has 7 nitrogen and oxygen atoms in total. The van der Waals surface area contributed by atoms with E-state index in [1.54, 1.807) is 0 Å². The average Bonchev–Trinajstić information content (AvgIpc) is 3.28. The number of benzene rings is 1. The summed E-state index contributed by atoms with van der Waals surface area (Å²) in [5.74, 6) is 0.178. The Kier molecular flexibility index (Phi) is 6.92. The highest BCUT2D eigenvalue weighted by molar-refractivity contribution is 5.80. The summed E-state index contributed by atoms with van der Waals surface area (Å²) in [6, 6.07) is 8.24. The Labute approximate surface area is 179 Å². The van der Waals surface area contributed by atoms with Gasteiger partial charge in [-0.3, -0.25) is 14.3 Å². The molecule has 30 heavy (non-hydrogen) atoms. The molecule has 7 heteroatoms. The first-order valence-electron chi connectivity index (χ1n) is 10.6. The molecule has 0 radical (unpaired) electrons. The normalized spacial score (nSPS) is 19.1. The second kappa shape index (κ2) is 9.43. The lowest BCUT2D eigenvalue weighted by atomic mass is 9.87. The van der Waals surface area contributed by atoms with Crippen LogP contribution in [0.2, 0.25) is 0 Å². The predicted octanol–water partition coefficient (Wildman–Crippen LogP) is 2.15. The highest BCUT2D eigenvalue weighted by atomic mass is 16.2. The van der Waals surface area contributed by atoms with E-state index in [2.05, 4.69) is 41.4 Å². The van der Waals surface area contributed by atoms with Crippen molar-refractivity contribution in [3.05, 3.63) is 52.8 Å². The number of aromatic nitrogens is 2. The van der Waals surface area contributed by atoms with Crippen LogP contribution in [0.15, 0.2) is 30.5 Å². The number of carbonyl (C=O) groups excluding carboxylic acids is 2. The molecule has 1 N–H and O–H groups in total. The number of aryl methyl sites for hydroxylation is 2. The van der Waals surface area contributed by atoms with Crippen molar-refractivity contribution in [1.29, 1.82) is 0 Å². The smallest absolute Gasteiger partial charge is 0.227 e. The van der Waals surface area contributed by atoms with Crippen LogP contribution < -0.4 is 5.32 Å². The number of rotatable bonds is 7. The zero-order chi connectivity index (χ0) is 21.8. The van der Waals surface area contributed by atoms with E-state index in [1.165, 1.54) is 6.92 Å². The van der Waals surface area contributed by atoms with Crippen LogP contribution in [0.4, 0.5) is 0 Å². The van der Waals surface area contributed by atoms with Crippen LogP contribution in [-0.2, 0) is 29.2 Å². The molecule has 2 atom stereocenters. The molecule has 0 aliphatic carbocycles. The van der Waals surface area contributed by atoms with Crippen molar-refractivity contribution in [2.45, 2.75) is 46.3 Å². The summed E-state index contributed by atoms with van der Waals surface area (Å²) in [5, 5.41) is 7.34. The topological polar surface area (TPSA) is 70.5 Å². The summed E-state index contributed by atoms with van der Waals surface area (Å²) < 4.78 is 1.91. The third kappa shape index (κ3) is 5.08. The maximum absolute atomic E-state index is 13.4. The molecule has 0 bridgehead atoms. The Morgan fingerprint density at radius 1 is 1.30 bits per heavy atom. The summed E-state index contributed by atoms with van der Waals surface area (Å²) in [7, 11) is 3.95. The van der Waals surface area contributed by atoms with E-state index >= 15 is 0 Å². The van der Waals surface area contributed by atoms with Crippen LogP contribution >= 0.6 is 0 Å². The fourth-order valence-corrected chi connectivity index (χ4v) is 4.24. The SMILES string of the molecule is CCn1cc(CN(C)C(=O)[C@H]2CN(C)C[C@@H]2c2cccc(CNC(C)=O)c2)c(C)n1. The summed E-state index contributed by atoms with van der Waals surface area (Å²) >= 11 is 0. The molecular formula is C23H33N5O2. The van der Waals surface area contributed by atoms with E-state index in [0.717, 1.165) is 42.0 Å². The Morgan fingerprint density at radius 3 is 2.73 bits per heavy atom. The van der Waals surface area contributed by atoms with Gasteiger partial charge in [-0.1, -0.05) is 24.3 Å². The van der Waals surface area contributed by atoms with Gasteiger partial charge in [0.1, 0.15) is 0 Å². The highest BCUT2D eigenvalue weighted by Gasteiger charge is 2.38. The Balaban J connectivity index is 1.75. The second-order valence-corrected chi connectivity index (χ2v) is 8.38. The lowest BCUT2D eigenvalue weighted by molar-refractivity contribution is -0.134. The lowest BCUT2D eigenvalue weighted by Gasteiger charge is -2.25. The number of likely N-dealkylation sites (N-methyl/N-ethyl adjacent to an activating group) is 1. The Morgan fingerprint density at radius 2 is 2.07 bits per heavy atom. The molecule has 0 saturated carbocycles. The van der Waals surface area contributed by atoms with Gasteiger partial charge in [-0.2, -0.15) is 5.10 Å². The van der Waals surface area contributed by atoms with E-state index in [-0.39, 0.29) is 23.7 Å². The van der Waals surface area contributed by atoms with Gasteiger partial charge >= 0.3 is 0 Å². The van der Waals surface area contributed by atoms with Gasteiger partial charge in [0.15, 0.2) is 0 Å². The van der Waals surface area contributed by atoms with Crippen LogP contribution in [0.3, 0.4) is 0 Å². The first-order valence-corrected chi connectivity index (χ1v) is 10.6. The number of hydrogen-bond donors (Lipinski definition) is 1. The fourth-order valence-electron chi connectivity index (χ4n) is 4.24. The van der Waals surface area contributed by atoms with Crippen molar-refractivity contribution >= 4 is 11.8 Å². The van der Waals surface area contributed by atoms with Crippen molar-refractivity contribution in [1.82, 2.24) is 24.9 Å². The summed E-state index contributed by atoms with van der Waals surface area (Å²) in [4.78, 5) is 28.7. The number of amides is 2. The van der Waals surface area contributed by atoms with Crippen LogP contribution in [0.5, 0.6) is 0 Å². The van der Waals surface area contributed by atoms with Crippen LogP contribution in [-0.4, -0.2) is 58.6 Å². The minimum Gasteiger partial charge on any atom is -0.352 e. The molecule has 0 unspecified atom stereocenters. The molecule has 1 aliphatic heterocycles. The number of carbonyl (C=O) groups is 2. The molecule has 0 spiro atoms. The molecule has 1 aromatic heterocycles. The van der Waals surface area contributed by atoms with Gasteiger partial charge in [-0.25, -0.2) is 0 Å². The van der Waals surface area contributed by atoms with Crippen molar-refractivity contribution in [3.8, 4) is 0 Å². The largest absolute Gasteiger partial charge is 0.352 e. The monoisotopic (exact) mass is 411 g/mol. The zero-order valence-corrected chi connectivity index (χ0v) is 18.7. The standard InChI is InChI=1S/C23H33N5O2/c1-6-28-13-20(16(2)25-28)12-27(5)23(30)22-15-26(4)14-21(22)19-9-7-8-18(10-19)11-24-17(3)29/h7-10,13,21-22H,6,11-12,14-15H2,1-5H3,(H,24,29)/t21-,22+/m1/s1. The average molecular weight is 412 g/mol. The predicted molar refractivity (Wildman–Crippen MR) is 117 cm³/mol. The number of nitrogens with zero attached hydrogens (tertiary/aromatic N) is 4. The molecule has 2 amide bonds. The minimum absolute atomic E-state index is 0.0441. The first-order chi connectivity index (χ1) is 14.3. The van der Waals surface area contributed by atoms with E-state index < -0.39 is 0 Å². The molecule has 1 aliphatic rings. The summed E-state index contributed by atoms with van der Waals surface area (Å²) in [6.45, 7) is 9.06. The Bertz CT molecular complexity index is 907. The van der Waals surface area contributed by atoms with E-state index in [1.807, 2.05) is 41.9 Å². The van der Waals surface area contributed by atoms with E-state index in [4.69, 9.17) is 0 Å². The minimum atomic E-state index is -0.0856. The zero-order valence-electron chi connectivity index (χ0n) is 18.7. The molecule has 1 aromatic carbocycles. The first kappa shape index (κ1) is 22.0. The van der Waals surface area contributed by atoms with Crippen LogP contribution in [0, 0.1) is 12.8 Å². The molecule has 1 fully saturated rings. The van der Waals surface area contributed by atoms with Crippen molar-refractivity contribution < 1.29 is 9.59 Å². The maximum atomic E-state index is 13.4. The fraction of sp³-hybridized carbons (Fsp3) is 0.522. The molecular weight excluding hydrogens is 378 g/mol. The van der Waals surface area contributed by atoms with Crippen molar-refractivity contribution in [2.75, 3.05) is 27.2 Å². The third-order valence-corrected chi connectivity index (χ3v) is 5.90. The van der Waals surface area contributed by atoms with Crippen molar-refractivity contribution in [3.63, 3.8) is 0 Å². The van der Waals surface area contributed by atoms with E-state index in [0.29, 0.717) is 13.1 Å². The molecule has 162 valence electrons. The van der Waals surface area contributed by atoms with Gasteiger partial charge in [-0.05, 0) is 32.0 Å². The highest BCUT2D eigenvalue weighted by Crippen LogP contribution is 2.34. The van der Waals surface area contributed by atoms with Crippen LogP contribution in [0.25, 0.3) is 0 Å². The van der Waals surface area contributed by atoms with Crippen molar-refractivity contribution in [2.24, 2.45) is 5.92 Å². The van der Waals surface area contributed by atoms with Gasteiger partial charge in [0, 0.05) is 64.4 Å². The second-order valence-electron chi connectivity index (χ2n) is 8.38. The number of nitrogens with one attached hydrogen (secondary N) is 1.